The molecule has 0 aromatic carbocycles. The van der Waals surface area contributed by atoms with E-state index in [-0.39, 0.29) is 0 Å². The lowest BCUT2D eigenvalue weighted by molar-refractivity contribution is 1.07. The van der Waals surface area contributed by atoms with Crippen LogP contribution in [0.25, 0.3) is 4.96 Å². The van der Waals surface area contributed by atoms with Crippen LogP contribution in [0.2, 0.25) is 0 Å². The molecule has 3 aromatic heterocycles. The molecule has 3 aromatic rings. The molecular formula is C10H9N5S2. The molecule has 0 radical (unpaired) electrons. The molecule has 5 nitrogen and oxygen atoms in total. The molecule has 0 aliphatic rings. The van der Waals surface area contributed by atoms with E-state index in [2.05, 4.69) is 15.0 Å². The van der Waals surface area contributed by atoms with Gasteiger partial charge in [-0.1, -0.05) is 11.8 Å². The average molecular weight is 263 g/mol. The molecule has 0 saturated carbocycles. The van der Waals surface area contributed by atoms with Gasteiger partial charge in [0.25, 0.3) is 0 Å². The first kappa shape index (κ1) is 10.5. The van der Waals surface area contributed by atoms with Gasteiger partial charge < -0.3 is 5.73 Å². The first-order chi connectivity index (χ1) is 8.33. The van der Waals surface area contributed by atoms with Crippen LogP contribution in [0.15, 0.2) is 35.2 Å². The largest absolute Gasteiger partial charge is 0.381 e. The topological polar surface area (TPSA) is 69.1 Å². The van der Waals surface area contributed by atoms with E-state index in [9.17, 15) is 0 Å². The second kappa shape index (κ2) is 4.34. The van der Waals surface area contributed by atoms with Gasteiger partial charge in [-0.05, 0) is 0 Å². The summed E-state index contributed by atoms with van der Waals surface area (Å²) in [4.78, 5) is 13.7. The molecule has 7 heteroatoms. The SMILES string of the molecule is Nc1nccnc1SCc1cn2ccsc2n1. The van der Waals surface area contributed by atoms with Crippen molar-refractivity contribution in [3.63, 3.8) is 0 Å². The van der Waals surface area contributed by atoms with E-state index >= 15 is 0 Å². The Hall–Kier alpha value is -1.60. The molecule has 0 atom stereocenters. The van der Waals surface area contributed by atoms with Gasteiger partial charge in [-0.25, -0.2) is 15.0 Å². The van der Waals surface area contributed by atoms with Crippen molar-refractivity contribution in [1.82, 2.24) is 19.4 Å². The minimum Gasteiger partial charge on any atom is -0.381 e. The molecule has 3 heterocycles. The second-order valence-electron chi connectivity index (χ2n) is 3.36. The van der Waals surface area contributed by atoms with Crippen molar-refractivity contribution in [2.45, 2.75) is 10.8 Å². The zero-order valence-electron chi connectivity index (χ0n) is 8.78. The third-order valence-corrected chi connectivity index (χ3v) is 3.99. The Morgan fingerprint density at radius 2 is 2.24 bits per heavy atom. The van der Waals surface area contributed by atoms with Crippen LogP contribution in [0, 0.1) is 0 Å². The van der Waals surface area contributed by atoms with Gasteiger partial charge in [-0.3, -0.25) is 4.40 Å². The maximum absolute atomic E-state index is 5.72. The van der Waals surface area contributed by atoms with Crippen molar-refractivity contribution in [1.29, 1.82) is 0 Å². The Morgan fingerprint density at radius 3 is 3.06 bits per heavy atom. The molecule has 2 N–H and O–H groups in total. The maximum atomic E-state index is 5.72. The van der Waals surface area contributed by atoms with Crippen LogP contribution in [0.1, 0.15) is 5.69 Å². The molecule has 86 valence electrons. The number of hydrogen-bond acceptors (Lipinski definition) is 6. The lowest BCUT2D eigenvalue weighted by atomic mass is 10.6. The van der Waals surface area contributed by atoms with E-state index in [1.54, 1.807) is 35.5 Å². The van der Waals surface area contributed by atoms with Gasteiger partial charge in [0.1, 0.15) is 5.03 Å². The minimum absolute atomic E-state index is 0.471. The number of aromatic nitrogens is 4. The van der Waals surface area contributed by atoms with Crippen molar-refractivity contribution >= 4 is 33.9 Å². The lowest BCUT2D eigenvalue weighted by Gasteiger charge is -2.00. The zero-order valence-corrected chi connectivity index (χ0v) is 10.4. The fourth-order valence-electron chi connectivity index (χ4n) is 1.44. The highest BCUT2D eigenvalue weighted by molar-refractivity contribution is 7.98. The van der Waals surface area contributed by atoms with Gasteiger partial charge >= 0.3 is 0 Å². The number of imidazole rings is 1. The first-order valence-electron chi connectivity index (χ1n) is 4.93. The summed E-state index contributed by atoms with van der Waals surface area (Å²) in [5.41, 5.74) is 6.74. The maximum Gasteiger partial charge on any atom is 0.193 e. The Labute approximate surface area is 106 Å². The quantitative estimate of drug-likeness (QED) is 0.732. The number of nitrogens with zero attached hydrogens (tertiary/aromatic N) is 4. The number of thioether (sulfide) groups is 1. The number of rotatable bonds is 3. The Balaban J connectivity index is 1.76. The smallest absolute Gasteiger partial charge is 0.193 e. The molecule has 17 heavy (non-hydrogen) atoms. The highest BCUT2D eigenvalue weighted by atomic mass is 32.2. The van der Waals surface area contributed by atoms with E-state index in [0.717, 1.165) is 21.4 Å². The summed E-state index contributed by atoms with van der Waals surface area (Å²) in [6, 6.07) is 0. The molecule has 0 bridgehead atoms. The van der Waals surface area contributed by atoms with E-state index < -0.39 is 0 Å². The number of thiazole rings is 1. The molecule has 0 spiro atoms. The number of hydrogen-bond donors (Lipinski definition) is 1. The van der Waals surface area contributed by atoms with E-state index in [0.29, 0.717) is 5.82 Å². The van der Waals surface area contributed by atoms with Gasteiger partial charge in [0.05, 0.1) is 5.69 Å². The first-order valence-corrected chi connectivity index (χ1v) is 6.80. The lowest BCUT2D eigenvalue weighted by Crippen LogP contribution is -1.94. The summed E-state index contributed by atoms with van der Waals surface area (Å²) < 4.78 is 2.01. The van der Waals surface area contributed by atoms with Gasteiger partial charge in [0.15, 0.2) is 10.8 Å². The molecular weight excluding hydrogens is 254 g/mol. The second-order valence-corrected chi connectivity index (χ2v) is 5.20. The van der Waals surface area contributed by atoms with E-state index in [4.69, 9.17) is 5.73 Å². The Bertz CT molecular complexity index is 616. The summed E-state index contributed by atoms with van der Waals surface area (Å²) in [5, 5.41) is 2.77. The van der Waals surface area contributed by atoms with Gasteiger partial charge in [0, 0.05) is 35.9 Å². The average Bonchev–Trinajstić information content (AvgIpc) is 2.88. The standard InChI is InChI=1S/C10H9N5S2/c11-8-9(13-2-1-12-8)17-6-7-5-15-3-4-16-10(15)14-7/h1-5H,6H2,(H2,11,12). The summed E-state index contributed by atoms with van der Waals surface area (Å²) in [5.74, 6) is 1.22. The van der Waals surface area contributed by atoms with Crippen molar-refractivity contribution in [2.75, 3.05) is 5.73 Å². The van der Waals surface area contributed by atoms with Crippen LogP contribution in [-0.2, 0) is 5.75 Å². The predicted octanol–water partition coefficient (Wildman–Crippen LogP) is 2.06. The minimum atomic E-state index is 0.471. The van der Waals surface area contributed by atoms with Gasteiger partial charge in [0.2, 0.25) is 0 Å². The summed E-state index contributed by atoms with van der Waals surface area (Å²) in [6.07, 6.45) is 7.25. The zero-order chi connectivity index (χ0) is 11.7. The molecule has 0 unspecified atom stereocenters. The highest BCUT2D eigenvalue weighted by Crippen LogP contribution is 2.24. The summed E-state index contributed by atoms with van der Waals surface area (Å²) in [6.45, 7) is 0. The van der Waals surface area contributed by atoms with Crippen molar-refractivity contribution < 1.29 is 0 Å². The fourth-order valence-corrected chi connectivity index (χ4v) is 2.91. The normalized spacial score (nSPS) is 11.1. The van der Waals surface area contributed by atoms with Crippen LogP contribution < -0.4 is 5.73 Å². The summed E-state index contributed by atoms with van der Waals surface area (Å²) >= 11 is 3.17. The monoisotopic (exact) mass is 263 g/mol. The molecule has 3 rings (SSSR count). The molecule has 0 saturated heterocycles. The van der Waals surface area contributed by atoms with Gasteiger partial charge in [-0.2, -0.15) is 0 Å². The summed E-state index contributed by atoms with van der Waals surface area (Å²) in [7, 11) is 0. The van der Waals surface area contributed by atoms with Crippen LogP contribution in [0.3, 0.4) is 0 Å². The van der Waals surface area contributed by atoms with Crippen molar-refractivity contribution in [3.05, 3.63) is 35.9 Å². The third kappa shape index (κ3) is 2.11. The fraction of sp³-hybridized carbons (Fsp3) is 0.100. The molecule has 0 amide bonds. The Morgan fingerprint density at radius 1 is 1.35 bits per heavy atom. The predicted molar refractivity (Wildman–Crippen MR) is 69.1 cm³/mol. The third-order valence-electron chi connectivity index (χ3n) is 2.19. The molecule has 0 aliphatic heterocycles. The number of fused-ring (bicyclic) bond motifs is 1. The highest BCUT2D eigenvalue weighted by Gasteiger charge is 2.06. The van der Waals surface area contributed by atoms with Crippen LogP contribution in [0.5, 0.6) is 0 Å². The van der Waals surface area contributed by atoms with Crippen molar-refractivity contribution in [3.8, 4) is 0 Å². The van der Waals surface area contributed by atoms with Crippen LogP contribution in [-0.4, -0.2) is 19.4 Å². The Kier molecular flexibility index (Phi) is 2.69. The van der Waals surface area contributed by atoms with E-state index in [1.807, 2.05) is 22.2 Å². The van der Waals surface area contributed by atoms with Crippen molar-refractivity contribution in [2.24, 2.45) is 0 Å². The number of nitrogen functional groups attached to an aromatic ring is 1. The molecule has 0 fully saturated rings. The number of anilines is 1. The number of nitrogens with two attached hydrogens (primary N) is 1. The van der Waals surface area contributed by atoms with Crippen LogP contribution >= 0.6 is 23.1 Å². The molecule has 0 aliphatic carbocycles. The van der Waals surface area contributed by atoms with E-state index in [1.165, 1.54) is 0 Å². The van der Waals surface area contributed by atoms with Gasteiger partial charge in [-0.15, -0.1) is 11.3 Å². The van der Waals surface area contributed by atoms with Crippen LogP contribution in [0.4, 0.5) is 5.82 Å².